The third-order valence-electron chi connectivity index (χ3n) is 2.33. The van der Waals surface area contributed by atoms with E-state index in [4.69, 9.17) is 0 Å². The van der Waals surface area contributed by atoms with Crippen molar-refractivity contribution >= 4 is 10.0 Å². The van der Waals surface area contributed by atoms with E-state index >= 15 is 0 Å². The Hall–Kier alpha value is -0.940. The molecule has 0 saturated heterocycles. The topological polar surface area (TPSA) is 46.2 Å². The highest BCUT2D eigenvalue weighted by Crippen LogP contribution is 2.28. The standard InChI is InChI=1S/C11H16FNO2S/c1-11(2,3)8-6-5-7-9(10(8)12)16(14,15)13-4/h5-7,13H,1-4H3. The van der Waals surface area contributed by atoms with Crippen molar-refractivity contribution < 1.29 is 12.8 Å². The molecule has 0 spiro atoms. The van der Waals surface area contributed by atoms with E-state index in [2.05, 4.69) is 4.72 Å². The molecule has 0 atom stereocenters. The lowest BCUT2D eigenvalue weighted by molar-refractivity contribution is 0.502. The zero-order valence-electron chi connectivity index (χ0n) is 9.83. The summed E-state index contributed by atoms with van der Waals surface area (Å²) in [6.07, 6.45) is 0. The molecule has 0 aliphatic heterocycles. The molecule has 1 rings (SSSR count). The van der Waals surface area contributed by atoms with E-state index in [-0.39, 0.29) is 4.90 Å². The van der Waals surface area contributed by atoms with Crippen LogP contribution in [0.15, 0.2) is 23.1 Å². The minimum Gasteiger partial charge on any atom is -0.214 e. The summed E-state index contributed by atoms with van der Waals surface area (Å²) in [4.78, 5) is -0.303. The molecule has 3 nitrogen and oxygen atoms in total. The van der Waals surface area contributed by atoms with Gasteiger partial charge < -0.3 is 0 Å². The van der Waals surface area contributed by atoms with Crippen LogP contribution >= 0.6 is 0 Å². The lowest BCUT2D eigenvalue weighted by Crippen LogP contribution is -2.22. The molecule has 16 heavy (non-hydrogen) atoms. The summed E-state index contributed by atoms with van der Waals surface area (Å²) in [7, 11) is -2.47. The van der Waals surface area contributed by atoms with Crippen LogP contribution in [0.1, 0.15) is 26.3 Å². The lowest BCUT2D eigenvalue weighted by Gasteiger charge is -2.20. The number of halogens is 1. The first-order valence-corrected chi connectivity index (χ1v) is 6.41. The van der Waals surface area contributed by atoms with E-state index in [1.165, 1.54) is 13.1 Å². The van der Waals surface area contributed by atoms with Crippen LogP contribution in [0.3, 0.4) is 0 Å². The van der Waals surface area contributed by atoms with Crippen LogP contribution in [-0.4, -0.2) is 15.5 Å². The Morgan fingerprint density at radius 2 is 1.81 bits per heavy atom. The number of nitrogens with one attached hydrogen (secondary N) is 1. The van der Waals surface area contributed by atoms with Crippen LogP contribution in [0, 0.1) is 5.82 Å². The largest absolute Gasteiger partial charge is 0.243 e. The van der Waals surface area contributed by atoms with Gasteiger partial charge >= 0.3 is 0 Å². The van der Waals surface area contributed by atoms with Gasteiger partial charge in [-0.15, -0.1) is 0 Å². The van der Waals surface area contributed by atoms with Crippen LogP contribution < -0.4 is 4.72 Å². The van der Waals surface area contributed by atoms with Crippen molar-refractivity contribution in [3.63, 3.8) is 0 Å². The van der Waals surface area contributed by atoms with Gasteiger partial charge in [0.25, 0.3) is 0 Å². The molecule has 5 heteroatoms. The summed E-state index contributed by atoms with van der Waals surface area (Å²) < 4.78 is 39.2. The molecule has 0 saturated carbocycles. The first kappa shape index (κ1) is 13.1. The molecule has 0 radical (unpaired) electrons. The summed E-state index contributed by atoms with van der Waals surface area (Å²) >= 11 is 0. The number of hydrogen-bond acceptors (Lipinski definition) is 2. The zero-order valence-corrected chi connectivity index (χ0v) is 10.7. The summed E-state index contributed by atoms with van der Waals surface area (Å²) in [6.45, 7) is 5.50. The SMILES string of the molecule is CNS(=O)(=O)c1cccc(C(C)(C)C)c1F. The van der Waals surface area contributed by atoms with Crippen molar-refractivity contribution in [1.82, 2.24) is 4.72 Å². The highest BCUT2D eigenvalue weighted by atomic mass is 32.2. The predicted molar refractivity (Wildman–Crippen MR) is 61.3 cm³/mol. The average Bonchev–Trinajstić information content (AvgIpc) is 2.16. The van der Waals surface area contributed by atoms with Gasteiger partial charge in [0.05, 0.1) is 0 Å². The van der Waals surface area contributed by atoms with Crippen LogP contribution in [0.5, 0.6) is 0 Å². The molecule has 0 bridgehead atoms. The van der Waals surface area contributed by atoms with E-state index in [0.717, 1.165) is 0 Å². The van der Waals surface area contributed by atoms with Crippen molar-refractivity contribution in [1.29, 1.82) is 0 Å². The van der Waals surface area contributed by atoms with Gasteiger partial charge in [0.1, 0.15) is 10.7 Å². The molecular weight excluding hydrogens is 229 g/mol. The molecule has 1 aromatic rings. The quantitative estimate of drug-likeness (QED) is 0.866. The zero-order chi connectivity index (χ0) is 12.6. The van der Waals surface area contributed by atoms with Crippen LogP contribution in [0.2, 0.25) is 0 Å². The maximum absolute atomic E-state index is 14.0. The first-order valence-electron chi connectivity index (χ1n) is 4.92. The number of sulfonamides is 1. The lowest BCUT2D eigenvalue weighted by atomic mass is 9.87. The van der Waals surface area contributed by atoms with Gasteiger partial charge in [-0.1, -0.05) is 32.9 Å². The van der Waals surface area contributed by atoms with Gasteiger partial charge in [-0.05, 0) is 24.1 Å². The second-order valence-electron chi connectivity index (χ2n) is 4.58. The van der Waals surface area contributed by atoms with E-state index in [9.17, 15) is 12.8 Å². The number of rotatable bonds is 2. The Labute approximate surface area is 95.7 Å². The minimum atomic E-state index is -3.74. The second-order valence-corrected chi connectivity index (χ2v) is 6.43. The Morgan fingerprint density at radius 1 is 1.25 bits per heavy atom. The minimum absolute atomic E-state index is 0.303. The van der Waals surface area contributed by atoms with Gasteiger partial charge in [-0.25, -0.2) is 17.5 Å². The molecule has 0 aromatic heterocycles. The smallest absolute Gasteiger partial charge is 0.214 e. The van der Waals surface area contributed by atoms with Crippen molar-refractivity contribution in [2.24, 2.45) is 0 Å². The van der Waals surface area contributed by atoms with Gasteiger partial charge in [0, 0.05) is 0 Å². The van der Waals surface area contributed by atoms with Gasteiger partial charge in [0.2, 0.25) is 10.0 Å². The molecule has 0 aliphatic carbocycles. The van der Waals surface area contributed by atoms with E-state index in [1.54, 1.807) is 12.1 Å². The van der Waals surface area contributed by atoms with E-state index < -0.39 is 21.3 Å². The summed E-state index contributed by atoms with van der Waals surface area (Å²) in [6, 6.07) is 4.41. The van der Waals surface area contributed by atoms with Crippen molar-refractivity contribution in [2.45, 2.75) is 31.1 Å². The summed E-state index contributed by atoms with van der Waals surface area (Å²) in [5.41, 5.74) is -0.0348. The molecular formula is C11H16FNO2S. The normalized spacial score (nSPS) is 12.8. The molecule has 1 N–H and O–H groups in total. The molecule has 0 heterocycles. The second kappa shape index (κ2) is 4.14. The van der Waals surface area contributed by atoms with Crippen LogP contribution in [0.4, 0.5) is 4.39 Å². The number of hydrogen-bond donors (Lipinski definition) is 1. The highest BCUT2D eigenvalue weighted by molar-refractivity contribution is 7.89. The fraction of sp³-hybridized carbons (Fsp3) is 0.455. The van der Waals surface area contributed by atoms with Crippen molar-refractivity contribution in [3.05, 3.63) is 29.6 Å². The molecule has 1 aromatic carbocycles. The first-order chi connectivity index (χ1) is 7.20. The maximum Gasteiger partial charge on any atom is 0.243 e. The molecule has 0 amide bonds. The summed E-state index contributed by atoms with van der Waals surface area (Å²) in [5.74, 6) is -0.677. The van der Waals surface area contributed by atoms with Gasteiger partial charge in [-0.2, -0.15) is 0 Å². The van der Waals surface area contributed by atoms with Crippen molar-refractivity contribution in [2.75, 3.05) is 7.05 Å². The third kappa shape index (κ3) is 2.41. The van der Waals surface area contributed by atoms with Crippen LogP contribution in [-0.2, 0) is 15.4 Å². The average molecular weight is 245 g/mol. The monoisotopic (exact) mass is 245 g/mol. The Morgan fingerprint density at radius 3 is 2.25 bits per heavy atom. The fourth-order valence-corrected chi connectivity index (χ4v) is 2.23. The van der Waals surface area contributed by atoms with Crippen molar-refractivity contribution in [3.8, 4) is 0 Å². The molecule has 0 aliphatic rings. The molecule has 0 unspecified atom stereocenters. The number of benzene rings is 1. The molecule has 90 valence electrons. The predicted octanol–water partition coefficient (Wildman–Crippen LogP) is 2.03. The highest BCUT2D eigenvalue weighted by Gasteiger charge is 2.25. The third-order valence-corrected chi connectivity index (χ3v) is 3.76. The van der Waals surface area contributed by atoms with E-state index in [1.807, 2.05) is 20.8 Å². The van der Waals surface area contributed by atoms with Gasteiger partial charge in [0.15, 0.2) is 0 Å². The van der Waals surface area contributed by atoms with Crippen LogP contribution in [0.25, 0.3) is 0 Å². The Kier molecular flexibility index (Phi) is 3.40. The van der Waals surface area contributed by atoms with E-state index in [0.29, 0.717) is 5.56 Å². The Bertz CT molecular complexity index is 489. The van der Waals surface area contributed by atoms with Gasteiger partial charge in [-0.3, -0.25) is 0 Å². The fourth-order valence-electron chi connectivity index (χ4n) is 1.41. The maximum atomic E-state index is 14.0. The molecule has 0 fully saturated rings. The Balaban J connectivity index is 3.48. The summed E-state index contributed by atoms with van der Waals surface area (Å²) in [5, 5.41) is 0.